The minimum absolute atomic E-state index is 0.0134. The molecule has 0 spiro atoms. The number of carbonyl (C=O) groups is 1. The molecule has 2 N–H and O–H groups in total. The summed E-state index contributed by atoms with van der Waals surface area (Å²) < 4.78 is 14.5. The first kappa shape index (κ1) is 15.7. The van der Waals surface area contributed by atoms with Crippen LogP contribution >= 0.6 is 0 Å². The Hall–Kier alpha value is -2.70. The summed E-state index contributed by atoms with van der Waals surface area (Å²) in [6.07, 6.45) is 0.127. The number of hydrogen-bond donors (Lipinski definition) is 1. The van der Waals surface area contributed by atoms with Crippen LogP contribution in [0, 0.1) is 19.7 Å². The summed E-state index contributed by atoms with van der Waals surface area (Å²) in [5.41, 5.74) is 8.01. The zero-order chi connectivity index (χ0) is 16.1. The molecule has 0 saturated heterocycles. The van der Waals surface area contributed by atoms with Gasteiger partial charge in [0.15, 0.2) is 5.84 Å². The second-order valence-corrected chi connectivity index (χ2v) is 4.85. The van der Waals surface area contributed by atoms with Crippen molar-refractivity contribution < 1.29 is 14.0 Å². The lowest BCUT2D eigenvalue weighted by Gasteiger charge is -2.03. The van der Waals surface area contributed by atoms with E-state index in [0.29, 0.717) is 12.1 Å². The van der Waals surface area contributed by atoms with E-state index in [1.54, 1.807) is 4.68 Å². The monoisotopic (exact) mass is 304 g/mol. The Morgan fingerprint density at radius 2 is 2.05 bits per heavy atom. The summed E-state index contributed by atoms with van der Waals surface area (Å²) >= 11 is 0. The smallest absolute Gasteiger partial charge is 0.336 e. The van der Waals surface area contributed by atoms with Gasteiger partial charge in [-0.05, 0) is 44.2 Å². The number of hydrogen-bond acceptors (Lipinski definition) is 4. The van der Waals surface area contributed by atoms with Gasteiger partial charge in [0.25, 0.3) is 0 Å². The number of carbonyl (C=O) groups excluding carboxylic acids is 1. The van der Waals surface area contributed by atoms with Crippen LogP contribution in [0.4, 0.5) is 4.39 Å². The molecule has 0 atom stereocenters. The predicted octanol–water partition coefficient (Wildman–Crippen LogP) is 1.89. The number of rotatable bonds is 5. The molecule has 116 valence electrons. The summed E-state index contributed by atoms with van der Waals surface area (Å²) in [4.78, 5) is 16.4. The molecule has 2 aromatic rings. The van der Waals surface area contributed by atoms with E-state index in [1.165, 1.54) is 24.3 Å². The molecule has 0 aliphatic rings. The SMILES string of the molecule is Cc1cc(C)n(CCC(=O)O/N=C(\N)c2ccc(F)cc2)n1. The van der Waals surface area contributed by atoms with E-state index in [1.807, 2.05) is 19.9 Å². The molecule has 0 radical (unpaired) electrons. The fourth-order valence-corrected chi connectivity index (χ4v) is 1.92. The average molecular weight is 304 g/mol. The normalized spacial score (nSPS) is 11.5. The zero-order valence-electron chi connectivity index (χ0n) is 12.4. The molecule has 22 heavy (non-hydrogen) atoms. The lowest BCUT2D eigenvalue weighted by molar-refractivity contribution is -0.144. The predicted molar refractivity (Wildman–Crippen MR) is 79.5 cm³/mol. The second-order valence-electron chi connectivity index (χ2n) is 4.85. The largest absolute Gasteiger partial charge is 0.380 e. The maximum absolute atomic E-state index is 12.8. The van der Waals surface area contributed by atoms with Crippen LogP contribution in [0.2, 0.25) is 0 Å². The van der Waals surface area contributed by atoms with Crippen molar-refractivity contribution in [3.8, 4) is 0 Å². The topological polar surface area (TPSA) is 82.5 Å². The van der Waals surface area contributed by atoms with Crippen LogP contribution in [0.15, 0.2) is 35.5 Å². The molecule has 1 aromatic carbocycles. The average Bonchev–Trinajstić information content (AvgIpc) is 2.81. The van der Waals surface area contributed by atoms with Crippen molar-refractivity contribution in [1.29, 1.82) is 0 Å². The lowest BCUT2D eigenvalue weighted by atomic mass is 10.2. The number of nitrogens with two attached hydrogens (primary N) is 1. The van der Waals surface area contributed by atoms with Crippen molar-refractivity contribution in [1.82, 2.24) is 9.78 Å². The minimum atomic E-state index is -0.516. The maximum atomic E-state index is 12.8. The van der Waals surface area contributed by atoms with E-state index in [0.717, 1.165) is 11.4 Å². The molecule has 0 unspecified atom stereocenters. The van der Waals surface area contributed by atoms with Gasteiger partial charge in [-0.15, -0.1) is 0 Å². The van der Waals surface area contributed by atoms with Crippen LogP contribution in [0.25, 0.3) is 0 Å². The molecule has 0 fully saturated rings. The van der Waals surface area contributed by atoms with Crippen LogP contribution in [0.1, 0.15) is 23.4 Å². The fraction of sp³-hybridized carbons (Fsp3) is 0.267. The summed E-state index contributed by atoms with van der Waals surface area (Å²) in [6, 6.07) is 7.34. The van der Waals surface area contributed by atoms with Crippen molar-refractivity contribution in [2.75, 3.05) is 0 Å². The maximum Gasteiger partial charge on any atom is 0.336 e. The van der Waals surface area contributed by atoms with Gasteiger partial charge in [-0.1, -0.05) is 5.16 Å². The molecule has 0 bridgehead atoms. The molecule has 1 heterocycles. The molecule has 2 rings (SSSR count). The van der Waals surface area contributed by atoms with E-state index >= 15 is 0 Å². The Kier molecular flexibility index (Phi) is 4.88. The molecule has 1 aromatic heterocycles. The van der Waals surface area contributed by atoms with Gasteiger partial charge >= 0.3 is 5.97 Å². The number of halogens is 1. The molecular weight excluding hydrogens is 287 g/mol. The van der Waals surface area contributed by atoms with Gasteiger partial charge in [-0.2, -0.15) is 5.10 Å². The molecule has 0 aliphatic heterocycles. The Morgan fingerprint density at radius 1 is 1.36 bits per heavy atom. The standard InChI is InChI=1S/C15H17FN4O2/c1-10-9-11(2)20(18-10)8-7-14(21)22-19-15(17)12-3-5-13(16)6-4-12/h3-6,9H,7-8H2,1-2H3,(H2,17,19). The van der Waals surface area contributed by atoms with E-state index in [-0.39, 0.29) is 18.1 Å². The number of aryl methyl sites for hydroxylation is 3. The fourth-order valence-electron chi connectivity index (χ4n) is 1.92. The van der Waals surface area contributed by atoms with Crippen molar-refractivity contribution in [2.24, 2.45) is 10.9 Å². The third-order valence-corrected chi connectivity index (χ3v) is 3.02. The third kappa shape index (κ3) is 4.15. The van der Waals surface area contributed by atoms with Gasteiger partial charge in [0.1, 0.15) is 5.82 Å². The summed E-state index contributed by atoms with van der Waals surface area (Å²) in [5.74, 6) is -0.879. The van der Waals surface area contributed by atoms with Crippen molar-refractivity contribution in [3.05, 3.63) is 53.1 Å². The first-order valence-electron chi connectivity index (χ1n) is 6.76. The highest BCUT2D eigenvalue weighted by atomic mass is 19.1. The van der Waals surface area contributed by atoms with Gasteiger partial charge < -0.3 is 10.6 Å². The van der Waals surface area contributed by atoms with E-state index < -0.39 is 5.97 Å². The van der Waals surface area contributed by atoms with Gasteiger partial charge in [0.05, 0.1) is 18.7 Å². The number of benzene rings is 1. The van der Waals surface area contributed by atoms with Crippen LogP contribution in [0.5, 0.6) is 0 Å². The van der Waals surface area contributed by atoms with E-state index in [9.17, 15) is 9.18 Å². The van der Waals surface area contributed by atoms with E-state index in [4.69, 9.17) is 10.6 Å². The Labute approximate surface area is 127 Å². The van der Waals surface area contributed by atoms with Gasteiger partial charge in [0.2, 0.25) is 0 Å². The van der Waals surface area contributed by atoms with Gasteiger partial charge in [0, 0.05) is 11.3 Å². The van der Waals surface area contributed by atoms with Crippen molar-refractivity contribution in [2.45, 2.75) is 26.8 Å². The Morgan fingerprint density at radius 3 is 2.64 bits per heavy atom. The molecule has 7 heteroatoms. The molecule has 0 saturated carbocycles. The van der Waals surface area contributed by atoms with Crippen molar-refractivity contribution >= 4 is 11.8 Å². The molecule has 6 nitrogen and oxygen atoms in total. The van der Waals surface area contributed by atoms with Gasteiger partial charge in [-0.25, -0.2) is 9.18 Å². The Bertz CT molecular complexity index is 692. The first-order valence-corrected chi connectivity index (χ1v) is 6.76. The van der Waals surface area contributed by atoms with Crippen LogP contribution < -0.4 is 5.73 Å². The zero-order valence-corrected chi connectivity index (χ0v) is 12.4. The van der Waals surface area contributed by atoms with Gasteiger partial charge in [-0.3, -0.25) is 4.68 Å². The number of aromatic nitrogens is 2. The molecule has 0 aliphatic carbocycles. The quantitative estimate of drug-likeness (QED) is 0.396. The third-order valence-electron chi connectivity index (χ3n) is 3.02. The molecular formula is C15H17FN4O2. The summed E-state index contributed by atoms with van der Waals surface area (Å²) in [6.45, 7) is 4.20. The van der Waals surface area contributed by atoms with Crippen LogP contribution in [0.3, 0.4) is 0 Å². The summed E-state index contributed by atoms with van der Waals surface area (Å²) in [5, 5.41) is 7.80. The van der Waals surface area contributed by atoms with Crippen LogP contribution in [-0.4, -0.2) is 21.6 Å². The number of nitrogens with zero attached hydrogens (tertiary/aromatic N) is 3. The highest BCUT2D eigenvalue weighted by molar-refractivity contribution is 5.97. The highest BCUT2D eigenvalue weighted by Gasteiger charge is 2.07. The van der Waals surface area contributed by atoms with Crippen LogP contribution in [-0.2, 0) is 16.2 Å². The number of oxime groups is 1. The minimum Gasteiger partial charge on any atom is -0.380 e. The Balaban J connectivity index is 1.88. The first-order chi connectivity index (χ1) is 10.5. The second kappa shape index (κ2) is 6.84. The van der Waals surface area contributed by atoms with Crippen molar-refractivity contribution in [3.63, 3.8) is 0 Å². The summed E-state index contributed by atoms with van der Waals surface area (Å²) in [7, 11) is 0. The highest BCUT2D eigenvalue weighted by Crippen LogP contribution is 2.05. The van der Waals surface area contributed by atoms with E-state index in [2.05, 4.69) is 10.3 Å². The lowest BCUT2D eigenvalue weighted by Crippen LogP contribution is -2.16. The molecule has 0 amide bonds. The number of amidine groups is 1.